The lowest BCUT2D eigenvalue weighted by molar-refractivity contribution is 0.00387. The molecule has 1 N–H and O–H groups in total. The van der Waals surface area contributed by atoms with Gasteiger partial charge in [-0.1, -0.05) is 0 Å². The zero-order valence-corrected chi connectivity index (χ0v) is 14.9. The summed E-state index contributed by atoms with van der Waals surface area (Å²) in [5.74, 6) is 0. The van der Waals surface area contributed by atoms with Crippen LogP contribution in [0.1, 0.15) is 45.1 Å². The van der Waals surface area contributed by atoms with E-state index in [2.05, 4.69) is 41.3 Å². The molecule has 0 saturated heterocycles. The van der Waals surface area contributed by atoms with Crippen molar-refractivity contribution in [2.45, 2.75) is 52.2 Å². The third-order valence-corrected chi connectivity index (χ3v) is 5.23. The van der Waals surface area contributed by atoms with Gasteiger partial charge in [0.05, 0.1) is 9.33 Å². The number of hydrogen-bond donors (Lipinski definition) is 1. The summed E-state index contributed by atoms with van der Waals surface area (Å²) in [6.07, 6.45) is 0.529. The van der Waals surface area contributed by atoms with E-state index >= 15 is 0 Å². The van der Waals surface area contributed by atoms with Crippen molar-refractivity contribution in [3.05, 3.63) is 20.3 Å². The van der Waals surface area contributed by atoms with Crippen molar-refractivity contribution in [3.8, 4) is 0 Å². The first-order valence-electron chi connectivity index (χ1n) is 6.65. The summed E-state index contributed by atoms with van der Waals surface area (Å²) in [4.78, 5) is 13.2. The van der Waals surface area contributed by atoms with Crippen LogP contribution in [0, 0.1) is 0 Å². The first-order chi connectivity index (χ1) is 9.09. The van der Waals surface area contributed by atoms with Gasteiger partial charge in [-0.25, -0.2) is 9.80 Å². The topological polar surface area (TPSA) is 41.6 Å². The van der Waals surface area contributed by atoms with Crippen LogP contribution in [0.5, 0.6) is 0 Å². The molecule has 2 heterocycles. The van der Waals surface area contributed by atoms with E-state index < -0.39 is 11.7 Å². The average molecular weight is 361 g/mol. The summed E-state index contributed by atoms with van der Waals surface area (Å²) >= 11 is 5.27. The summed E-state index contributed by atoms with van der Waals surface area (Å²) in [6, 6.07) is 2.17. The Labute approximate surface area is 132 Å². The number of carbonyl (C=O) groups is 1. The van der Waals surface area contributed by atoms with Crippen LogP contribution in [0.25, 0.3) is 0 Å². The highest BCUT2D eigenvalue weighted by Gasteiger charge is 2.38. The van der Waals surface area contributed by atoms with Crippen molar-refractivity contribution in [2.24, 2.45) is 0 Å². The molecule has 1 amide bonds. The Morgan fingerprint density at radius 2 is 2.15 bits per heavy atom. The van der Waals surface area contributed by atoms with Crippen LogP contribution in [-0.2, 0) is 16.7 Å². The number of ether oxygens (including phenoxy) is 1. The summed E-state index contributed by atoms with van der Waals surface area (Å²) < 4.78 is 6.46. The molecule has 1 aromatic heterocycles. The maximum Gasteiger partial charge on any atom is 0.422 e. The molecular formula is C14H21BrN2O2S. The maximum atomic E-state index is 12.0. The fourth-order valence-corrected chi connectivity index (χ4v) is 4.15. The second-order valence-electron chi connectivity index (χ2n) is 6.48. The Kier molecular flexibility index (Phi) is 4.19. The molecule has 1 aromatic rings. The molecule has 1 aliphatic heterocycles. The Balaban J connectivity index is 2.13. The molecule has 1 aliphatic rings. The first kappa shape index (κ1) is 15.8. The summed E-state index contributed by atoms with van der Waals surface area (Å²) in [5, 5.41) is 1.96. The lowest BCUT2D eigenvalue weighted by Crippen LogP contribution is -2.56. The Morgan fingerprint density at radius 3 is 2.75 bits per heavy atom. The lowest BCUT2D eigenvalue weighted by atomic mass is 9.93. The predicted octanol–water partition coefficient (Wildman–Crippen LogP) is 4.04. The molecule has 2 rings (SSSR count). The number of rotatable bonds is 1. The van der Waals surface area contributed by atoms with E-state index in [0.717, 1.165) is 16.8 Å². The van der Waals surface area contributed by atoms with Crippen LogP contribution < -0.4 is 5.43 Å². The Bertz CT molecular complexity index is 520. The zero-order valence-electron chi connectivity index (χ0n) is 12.5. The quantitative estimate of drug-likeness (QED) is 0.821. The Hall–Kier alpha value is -0.590. The van der Waals surface area contributed by atoms with Gasteiger partial charge >= 0.3 is 6.09 Å². The van der Waals surface area contributed by atoms with E-state index in [0.29, 0.717) is 0 Å². The van der Waals surface area contributed by atoms with E-state index in [1.807, 2.05) is 25.8 Å². The standard InChI is InChI=1S/C14H21BrN2O2S/c1-13(2,3)19-12(18)16-17-7-6-9-8-10(15)20-11(9)14(17,4)5/h8H,6-7H2,1-5H3,(H,16,18). The number of amides is 1. The van der Waals surface area contributed by atoms with Crippen molar-refractivity contribution >= 4 is 33.4 Å². The number of fused-ring (bicyclic) bond motifs is 1. The third-order valence-electron chi connectivity index (χ3n) is 3.24. The zero-order chi connectivity index (χ0) is 15.1. The van der Waals surface area contributed by atoms with Crippen LogP contribution in [0.15, 0.2) is 9.85 Å². The van der Waals surface area contributed by atoms with Gasteiger partial charge in [-0.2, -0.15) is 0 Å². The van der Waals surface area contributed by atoms with Gasteiger partial charge in [-0.3, -0.25) is 5.43 Å². The van der Waals surface area contributed by atoms with Crippen LogP contribution in [0.2, 0.25) is 0 Å². The van der Waals surface area contributed by atoms with Crippen molar-refractivity contribution in [1.29, 1.82) is 0 Å². The van der Waals surface area contributed by atoms with E-state index in [-0.39, 0.29) is 5.54 Å². The van der Waals surface area contributed by atoms with Gasteiger partial charge < -0.3 is 4.74 Å². The molecule has 0 bridgehead atoms. The fraction of sp³-hybridized carbons (Fsp3) is 0.643. The number of thiophene rings is 1. The lowest BCUT2D eigenvalue weighted by Gasteiger charge is -2.41. The van der Waals surface area contributed by atoms with Gasteiger partial charge in [0.25, 0.3) is 0 Å². The van der Waals surface area contributed by atoms with Gasteiger partial charge in [0.2, 0.25) is 0 Å². The molecular weight excluding hydrogens is 340 g/mol. The van der Waals surface area contributed by atoms with Gasteiger partial charge in [-0.15, -0.1) is 11.3 Å². The second-order valence-corrected chi connectivity index (χ2v) is 8.91. The van der Waals surface area contributed by atoms with E-state index in [1.54, 1.807) is 11.3 Å². The molecule has 6 heteroatoms. The van der Waals surface area contributed by atoms with Crippen LogP contribution in [0.4, 0.5) is 4.79 Å². The second kappa shape index (κ2) is 5.31. The highest BCUT2D eigenvalue weighted by atomic mass is 79.9. The molecule has 0 radical (unpaired) electrons. The van der Waals surface area contributed by atoms with Gasteiger partial charge in [-0.05, 0) is 68.6 Å². The number of nitrogens with one attached hydrogen (secondary N) is 1. The summed E-state index contributed by atoms with van der Waals surface area (Å²) in [5.41, 5.74) is 3.52. The van der Waals surface area contributed by atoms with E-state index in [1.165, 1.54) is 10.4 Å². The molecule has 4 nitrogen and oxygen atoms in total. The SMILES string of the molecule is CC(C)(C)OC(=O)NN1CCc2cc(Br)sc2C1(C)C. The van der Waals surface area contributed by atoms with Gasteiger partial charge in [0.1, 0.15) is 5.60 Å². The number of nitrogens with zero attached hydrogens (tertiary/aromatic N) is 1. The summed E-state index contributed by atoms with van der Waals surface area (Å²) in [7, 11) is 0. The monoisotopic (exact) mass is 360 g/mol. The van der Waals surface area contributed by atoms with Gasteiger partial charge in [0.15, 0.2) is 0 Å². The highest BCUT2D eigenvalue weighted by Crippen LogP contribution is 2.41. The molecule has 0 atom stereocenters. The van der Waals surface area contributed by atoms with Crippen LogP contribution in [-0.4, -0.2) is 23.2 Å². The smallest absolute Gasteiger partial charge is 0.422 e. The first-order valence-corrected chi connectivity index (χ1v) is 8.26. The minimum atomic E-state index is -0.485. The Morgan fingerprint density at radius 1 is 1.50 bits per heavy atom. The van der Waals surface area contributed by atoms with Crippen LogP contribution in [0.3, 0.4) is 0 Å². The molecule has 112 valence electrons. The molecule has 0 spiro atoms. The minimum absolute atomic E-state index is 0.235. The fourth-order valence-electron chi connectivity index (χ4n) is 2.34. The van der Waals surface area contributed by atoms with Gasteiger partial charge in [0, 0.05) is 11.4 Å². The van der Waals surface area contributed by atoms with Crippen molar-refractivity contribution in [1.82, 2.24) is 10.4 Å². The molecule has 0 aliphatic carbocycles. The number of hydrazine groups is 1. The average Bonchev–Trinajstić information content (AvgIpc) is 2.62. The van der Waals surface area contributed by atoms with Crippen LogP contribution >= 0.6 is 27.3 Å². The predicted molar refractivity (Wildman–Crippen MR) is 84.8 cm³/mol. The van der Waals surface area contributed by atoms with E-state index in [9.17, 15) is 4.79 Å². The molecule has 0 fully saturated rings. The van der Waals surface area contributed by atoms with E-state index in [4.69, 9.17) is 4.74 Å². The molecule has 0 saturated carbocycles. The summed E-state index contributed by atoms with van der Waals surface area (Å²) in [6.45, 7) is 10.6. The highest BCUT2D eigenvalue weighted by molar-refractivity contribution is 9.11. The minimum Gasteiger partial charge on any atom is -0.443 e. The largest absolute Gasteiger partial charge is 0.443 e. The maximum absolute atomic E-state index is 12.0. The molecule has 20 heavy (non-hydrogen) atoms. The van der Waals surface area contributed by atoms with Crippen molar-refractivity contribution in [2.75, 3.05) is 6.54 Å². The normalized spacial score (nSPS) is 18.5. The number of hydrogen-bond acceptors (Lipinski definition) is 4. The number of halogens is 1. The molecule has 0 unspecified atom stereocenters. The molecule has 0 aromatic carbocycles. The van der Waals surface area contributed by atoms with Crippen molar-refractivity contribution < 1.29 is 9.53 Å². The van der Waals surface area contributed by atoms with Crippen molar-refractivity contribution in [3.63, 3.8) is 0 Å². The number of carbonyl (C=O) groups excluding carboxylic acids is 1. The third kappa shape index (κ3) is 3.35.